The van der Waals surface area contributed by atoms with Crippen LogP contribution in [0.1, 0.15) is 28.8 Å². The van der Waals surface area contributed by atoms with Gasteiger partial charge >= 0.3 is 12.1 Å². The van der Waals surface area contributed by atoms with Gasteiger partial charge in [0.05, 0.1) is 39.4 Å². The first kappa shape index (κ1) is 26.0. The number of amides is 3. The molecule has 0 spiro atoms. The third-order valence-corrected chi connectivity index (χ3v) is 7.15. The van der Waals surface area contributed by atoms with E-state index in [0.29, 0.717) is 0 Å². The van der Waals surface area contributed by atoms with Crippen molar-refractivity contribution in [2.45, 2.75) is 29.8 Å². The van der Waals surface area contributed by atoms with E-state index in [-0.39, 0.29) is 29.8 Å². The van der Waals surface area contributed by atoms with Gasteiger partial charge in [-0.15, -0.1) is 23.2 Å². The Kier molecular flexibility index (Phi) is 7.28. The number of nitrogens with one attached hydrogen (secondary N) is 1. The molecule has 4 atom stereocenters. The third kappa shape index (κ3) is 5.34. The van der Waals surface area contributed by atoms with Crippen LogP contribution in [0.25, 0.3) is 0 Å². The molecule has 1 heterocycles. The van der Waals surface area contributed by atoms with Gasteiger partial charge < -0.3 is 10.1 Å². The summed E-state index contributed by atoms with van der Waals surface area (Å²) >= 11 is 12.4. The molecular weight excluding hydrogens is 524 g/mol. The number of benzene rings is 2. The summed E-state index contributed by atoms with van der Waals surface area (Å²) in [5.74, 6) is -3.81. The third-order valence-electron chi connectivity index (χ3n) is 6.06. The van der Waals surface area contributed by atoms with Crippen LogP contribution in [0.3, 0.4) is 0 Å². The smallest absolute Gasteiger partial charge is 0.416 e. The highest BCUT2D eigenvalue weighted by Crippen LogP contribution is 2.43. The van der Waals surface area contributed by atoms with E-state index in [1.54, 1.807) is 0 Å². The summed E-state index contributed by atoms with van der Waals surface area (Å²) in [6.45, 7) is -0.765. The molecule has 4 rings (SSSR count). The number of esters is 1. The molecule has 0 bridgehead atoms. The molecule has 190 valence electrons. The average molecular weight is 543 g/mol. The van der Waals surface area contributed by atoms with Crippen LogP contribution in [-0.4, -0.2) is 41.1 Å². The van der Waals surface area contributed by atoms with Crippen LogP contribution in [0.5, 0.6) is 0 Å². The molecule has 2 fully saturated rings. The van der Waals surface area contributed by atoms with Crippen LogP contribution in [0.15, 0.2) is 48.5 Å². The second kappa shape index (κ2) is 10.1. The quantitative estimate of drug-likeness (QED) is 0.338. The van der Waals surface area contributed by atoms with Gasteiger partial charge in [-0.05, 0) is 49.2 Å². The molecule has 12 heteroatoms. The van der Waals surface area contributed by atoms with E-state index in [4.69, 9.17) is 27.9 Å². The lowest BCUT2D eigenvalue weighted by Crippen LogP contribution is -2.34. The Morgan fingerprint density at radius 1 is 0.972 bits per heavy atom. The molecule has 1 aliphatic heterocycles. The zero-order valence-electron chi connectivity index (χ0n) is 18.4. The number of imide groups is 1. The van der Waals surface area contributed by atoms with Gasteiger partial charge in [-0.25, -0.2) is 4.79 Å². The molecular formula is C24H19Cl2F3N2O5. The molecule has 1 saturated heterocycles. The summed E-state index contributed by atoms with van der Waals surface area (Å²) in [6, 6.07) is 9.60. The number of carbonyl (C=O) groups is 4. The Labute approximate surface area is 213 Å². The summed E-state index contributed by atoms with van der Waals surface area (Å²) in [5.41, 5.74) is -0.915. The first-order chi connectivity index (χ1) is 17.0. The molecule has 1 aliphatic carbocycles. The van der Waals surface area contributed by atoms with Crippen molar-refractivity contribution in [2.75, 3.05) is 16.8 Å². The molecule has 1 N–H and O–H groups in total. The Morgan fingerprint density at radius 2 is 1.58 bits per heavy atom. The second-order valence-corrected chi connectivity index (χ2v) is 9.60. The van der Waals surface area contributed by atoms with Gasteiger partial charge in [0, 0.05) is 5.69 Å². The minimum absolute atomic E-state index is 0.0275. The van der Waals surface area contributed by atoms with Crippen LogP contribution >= 0.6 is 23.2 Å². The number of anilines is 2. The van der Waals surface area contributed by atoms with E-state index in [2.05, 4.69) is 5.32 Å². The lowest BCUT2D eigenvalue weighted by atomic mass is 9.80. The van der Waals surface area contributed by atoms with Crippen molar-refractivity contribution in [3.05, 3.63) is 59.7 Å². The minimum atomic E-state index is -4.58. The summed E-state index contributed by atoms with van der Waals surface area (Å²) in [4.78, 5) is 51.4. The molecule has 36 heavy (non-hydrogen) atoms. The number of halogens is 5. The van der Waals surface area contributed by atoms with Gasteiger partial charge in [-0.1, -0.05) is 12.1 Å². The standard InChI is InChI=1S/C24H19Cl2F3N2O5/c25-18-9-16-17(10-19(18)26)22(34)31(21(16)33)15-6-1-3-12(7-15)23(35)36-11-20(32)30-14-5-2-4-13(8-14)24(27,28)29/h1-8,16-19H,9-11H2,(H,30,32)/t16-,17+,18-,19-/m0/s1. The van der Waals surface area contributed by atoms with Crippen molar-refractivity contribution in [1.82, 2.24) is 0 Å². The Balaban J connectivity index is 1.40. The molecule has 0 aromatic heterocycles. The summed E-state index contributed by atoms with van der Waals surface area (Å²) < 4.78 is 43.4. The maximum Gasteiger partial charge on any atom is 0.416 e. The predicted octanol–water partition coefficient (Wildman–Crippen LogP) is 4.62. The molecule has 2 aromatic rings. The zero-order chi connectivity index (χ0) is 26.2. The molecule has 2 aliphatic rings. The normalized spacial score (nSPS) is 23.9. The van der Waals surface area contributed by atoms with Crippen LogP contribution in [0.2, 0.25) is 0 Å². The highest BCUT2D eigenvalue weighted by molar-refractivity contribution is 6.31. The van der Waals surface area contributed by atoms with Crippen molar-refractivity contribution in [2.24, 2.45) is 11.8 Å². The topological polar surface area (TPSA) is 92.8 Å². The summed E-state index contributed by atoms with van der Waals surface area (Å²) in [6.07, 6.45) is -4.04. The van der Waals surface area contributed by atoms with Crippen molar-refractivity contribution < 1.29 is 37.1 Å². The van der Waals surface area contributed by atoms with Gasteiger partial charge in [0.1, 0.15) is 0 Å². The molecule has 3 amide bonds. The Hall–Kier alpha value is -3.11. The van der Waals surface area contributed by atoms with Crippen molar-refractivity contribution in [1.29, 1.82) is 0 Å². The largest absolute Gasteiger partial charge is 0.452 e. The molecule has 1 saturated carbocycles. The monoisotopic (exact) mass is 542 g/mol. The fraction of sp³-hybridized carbons (Fsp3) is 0.333. The van der Waals surface area contributed by atoms with Gasteiger partial charge in [-0.2, -0.15) is 13.2 Å². The molecule has 7 nitrogen and oxygen atoms in total. The zero-order valence-corrected chi connectivity index (χ0v) is 19.9. The molecule has 2 aromatic carbocycles. The average Bonchev–Trinajstić information content (AvgIpc) is 3.06. The van der Waals surface area contributed by atoms with Gasteiger partial charge in [0.25, 0.3) is 5.91 Å². The first-order valence-corrected chi connectivity index (χ1v) is 11.7. The van der Waals surface area contributed by atoms with Crippen molar-refractivity contribution in [3.8, 4) is 0 Å². The van der Waals surface area contributed by atoms with E-state index in [1.807, 2.05) is 0 Å². The highest BCUT2D eigenvalue weighted by atomic mass is 35.5. The van der Waals surface area contributed by atoms with Crippen LogP contribution in [0, 0.1) is 11.8 Å². The number of rotatable bonds is 5. The number of alkyl halides is 5. The van der Waals surface area contributed by atoms with Crippen LogP contribution in [-0.2, 0) is 25.3 Å². The fourth-order valence-corrected chi connectivity index (χ4v) is 4.90. The number of ether oxygens (including phenoxy) is 1. The maximum atomic E-state index is 12.9. The van der Waals surface area contributed by atoms with Crippen molar-refractivity contribution in [3.63, 3.8) is 0 Å². The van der Waals surface area contributed by atoms with Crippen LogP contribution in [0.4, 0.5) is 24.5 Å². The highest BCUT2D eigenvalue weighted by Gasteiger charge is 2.52. The molecule has 0 radical (unpaired) electrons. The Morgan fingerprint density at radius 3 is 2.19 bits per heavy atom. The van der Waals surface area contributed by atoms with Gasteiger partial charge in [-0.3, -0.25) is 19.3 Å². The van der Waals surface area contributed by atoms with Gasteiger partial charge in [0.2, 0.25) is 11.8 Å². The van der Waals surface area contributed by atoms with E-state index in [9.17, 15) is 32.3 Å². The van der Waals surface area contributed by atoms with E-state index in [1.165, 1.54) is 30.3 Å². The lowest BCUT2D eigenvalue weighted by Gasteiger charge is -2.28. The van der Waals surface area contributed by atoms with E-state index < -0.39 is 64.6 Å². The fourth-order valence-electron chi connectivity index (χ4n) is 4.31. The van der Waals surface area contributed by atoms with E-state index in [0.717, 1.165) is 23.1 Å². The number of nitrogens with zero attached hydrogens (tertiary/aromatic N) is 1. The van der Waals surface area contributed by atoms with Crippen molar-refractivity contribution >= 4 is 58.3 Å². The maximum absolute atomic E-state index is 12.9. The first-order valence-electron chi connectivity index (χ1n) is 10.9. The number of carbonyl (C=O) groups excluding carboxylic acids is 4. The summed E-state index contributed by atoms with van der Waals surface area (Å²) in [5, 5.41) is 1.36. The van der Waals surface area contributed by atoms with E-state index >= 15 is 0 Å². The number of hydrogen-bond donors (Lipinski definition) is 1. The lowest BCUT2D eigenvalue weighted by molar-refractivity contribution is -0.137. The van der Waals surface area contributed by atoms with Crippen LogP contribution < -0.4 is 10.2 Å². The van der Waals surface area contributed by atoms with Gasteiger partial charge in [0.15, 0.2) is 6.61 Å². The summed E-state index contributed by atoms with van der Waals surface area (Å²) in [7, 11) is 0. The number of fused-ring (bicyclic) bond motifs is 1. The molecule has 0 unspecified atom stereocenters. The number of hydrogen-bond acceptors (Lipinski definition) is 5. The SMILES string of the molecule is O=C(COC(=O)c1cccc(N2C(=O)[C@H]3C[C@H](Cl)[C@@H](Cl)C[C@H]3C2=O)c1)Nc1cccc(C(F)(F)F)c1. The predicted molar refractivity (Wildman–Crippen MR) is 125 cm³/mol. The second-order valence-electron chi connectivity index (χ2n) is 8.48. The minimum Gasteiger partial charge on any atom is -0.452 e. The Bertz CT molecular complexity index is 1190.